The number of hydrogen-bond acceptors (Lipinski definition) is 6. The van der Waals surface area contributed by atoms with Crippen LogP contribution < -0.4 is 19.1 Å². The van der Waals surface area contributed by atoms with Gasteiger partial charge in [0.15, 0.2) is 11.5 Å². The molecule has 0 aliphatic carbocycles. The number of hydrogen-bond donors (Lipinski definition) is 1. The van der Waals surface area contributed by atoms with E-state index in [4.69, 9.17) is 9.47 Å². The van der Waals surface area contributed by atoms with Crippen LogP contribution in [-0.4, -0.2) is 58.3 Å². The number of carbonyl (C=O) groups excluding carboxylic acids is 1. The van der Waals surface area contributed by atoms with E-state index in [9.17, 15) is 13.2 Å². The quantitative estimate of drug-likeness (QED) is 0.651. The average molecular weight is 460 g/mol. The first kappa shape index (κ1) is 22.4. The van der Waals surface area contributed by atoms with Crippen LogP contribution in [0.1, 0.15) is 24.0 Å². The molecule has 1 saturated heterocycles. The molecule has 2 aliphatic heterocycles. The number of ether oxygens (including phenoxy) is 2. The summed E-state index contributed by atoms with van der Waals surface area (Å²) in [6.07, 6.45) is 3.61. The third kappa shape index (κ3) is 5.72. The first-order chi connectivity index (χ1) is 15.4. The molecule has 0 bridgehead atoms. The van der Waals surface area contributed by atoms with Gasteiger partial charge in [-0.15, -0.1) is 0 Å². The molecule has 4 rings (SSSR count). The zero-order valence-electron chi connectivity index (χ0n) is 18.2. The predicted molar refractivity (Wildman–Crippen MR) is 122 cm³/mol. The summed E-state index contributed by atoms with van der Waals surface area (Å²) in [4.78, 5) is 15.0. The fourth-order valence-corrected chi connectivity index (χ4v) is 4.78. The lowest BCUT2D eigenvalue weighted by Gasteiger charge is -2.24. The summed E-state index contributed by atoms with van der Waals surface area (Å²) in [5.41, 5.74) is 2.58. The Morgan fingerprint density at radius 1 is 1.00 bits per heavy atom. The standard InChI is InChI=1S/C23H29N3O5S/c1-32(28,29)26(20-8-9-21-22(14-20)31-13-12-30-21)17-23(27)24-15-18-4-6-19(7-5-18)16-25-10-2-3-11-25/h4-9,14H,2-3,10-13,15-17H2,1H3,(H,24,27). The van der Waals surface area contributed by atoms with Crippen molar-refractivity contribution in [1.82, 2.24) is 10.2 Å². The molecule has 0 saturated carbocycles. The SMILES string of the molecule is CS(=O)(=O)N(CC(=O)NCc1ccc(CN2CCCC2)cc1)c1ccc2c(c1)OCCO2. The molecule has 32 heavy (non-hydrogen) atoms. The number of carbonyl (C=O) groups is 1. The van der Waals surface area contributed by atoms with Crippen molar-refractivity contribution in [3.05, 3.63) is 53.6 Å². The van der Waals surface area contributed by atoms with E-state index in [0.29, 0.717) is 36.9 Å². The molecule has 2 aromatic rings. The number of nitrogens with zero attached hydrogens (tertiary/aromatic N) is 2. The van der Waals surface area contributed by atoms with Crippen LogP contribution in [0.3, 0.4) is 0 Å². The molecule has 1 amide bonds. The normalized spacial score (nSPS) is 16.0. The van der Waals surface area contributed by atoms with E-state index >= 15 is 0 Å². The van der Waals surface area contributed by atoms with Crippen molar-refractivity contribution in [1.29, 1.82) is 0 Å². The first-order valence-electron chi connectivity index (χ1n) is 10.8. The van der Waals surface area contributed by atoms with Crippen LogP contribution in [0.5, 0.6) is 11.5 Å². The maximum atomic E-state index is 12.6. The summed E-state index contributed by atoms with van der Waals surface area (Å²) in [5.74, 6) is 0.648. The smallest absolute Gasteiger partial charge is 0.241 e. The Bertz CT molecular complexity index is 1050. The van der Waals surface area contributed by atoms with Gasteiger partial charge in [-0.1, -0.05) is 24.3 Å². The van der Waals surface area contributed by atoms with Gasteiger partial charge in [-0.25, -0.2) is 8.42 Å². The van der Waals surface area contributed by atoms with E-state index in [2.05, 4.69) is 22.3 Å². The lowest BCUT2D eigenvalue weighted by Crippen LogP contribution is -2.40. The molecule has 0 radical (unpaired) electrons. The van der Waals surface area contributed by atoms with Crippen LogP contribution in [0.25, 0.3) is 0 Å². The number of sulfonamides is 1. The number of fused-ring (bicyclic) bond motifs is 1. The van der Waals surface area contributed by atoms with E-state index in [1.165, 1.54) is 18.4 Å². The third-order valence-corrected chi connectivity index (χ3v) is 6.76. The second kappa shape index (κ2) is 9.79. The highest BCUT2D eigenvalue weighted by Crippen LogP contribution is 2.34. The van der Waals surface area contributed by atoms with Gasteiger partial charge in [0.2, 0.25) is 15.9 Å². The molecule has 9 heteroatoms. The van der Waals surface area contributed by atoms with Crippen LogP contribution in [0.2, 0.25) is 0 Å². The summed E-state index contributed by atoms with van der Waals surface area (Å²) < 4.78 is 36.8. The number of likely N-dealkylation sites (tertiary alicyclic amines) is 1. The van der Waals surface area contributed by atoms with Crippen LogP contribution >= 0.6 is 0 Å². The largest absolute Gasteiger partial charge is 0.486 e. The Balaban J connectivity index is 1.35. The number of benzene rings is 2. The van der Waals surface area contributed by atoms with Crippen molar-refractivity contribution >= 4 is 21.6 Å². The van der Waals surface area contributed by atoms with Crippen molar-refractivity contribution in [2.45, 2.75) is 25.9 Å². The maximum absolute atomic E-state index is 12.6. The molecule has 0 spiro atoms. The minimum absolute atomic E-state index is 0.314. The molecule has 1 fully saturated rings. The van der Waals surface area contributed by atoms with Crippen molar-refractivity contribution in [3.63, 3.8) is 0 Å². The monoisotopic (exact) mass is 459 g/mol. The van der Waals surface area contributed by atoms with Gasteiger partial charge in [0.05, 0.1) is 11.9 Å². The first-order valence-corrected chi connectivity index (χ1v) is 12.7. The lowest BCUT2D eigenvalue weighted by molar-refractivity contribution is -0.119. The van der Waals surface area contributed by atoms with E-state index in [0.717, 1.165) is 35.8 Å². The van der Waals surface area contributed by atoms with Gasteiger partial charge in [-0.3, -0.25) is 14.0 Å². The fourth-order valence-electron chi connectivity index (χ4n) is 3.94. The molecule has 8 nitrogen and oxygen atoms in total. The van der Waals surface area contributed by atoms with Gasteiger partial charge < -0.3 is 14.8 Å². The van der Waals surface area contributed by atoms with Crippen molar-refractivity contribution in [2.75, 3.05) is 43.4 Å². The maximum Gasteiger partial charge on any atom is 0.241 e. The molecular weight excluding hydrogens is 430 g/mol. The lowest BCUT2D eigenvalue weighted by atomic mass is 10.1. The Hall–Kier alpha value is -2.78. The number of rotatable bonds is 8. The number of amides is 1. The molecule has 0 unspecified atom stereocenters. The zero-order chi connectivity index (χ0) is 22.6. The summed E-state index contributed by atoms with van der Waals surface area (Å²) in [5, 5.41) is 2.81. The number of anilines is 1. The molecular formula is C23H29N3O5S. The molecule has 2 heterocycles. The van der Waals surface area contributed by atoms with Crippen molar-refractivity contribution in [3.8, 4) is 11.5 Å². The van der Waals surface area contributed by atoms with Crippen LogP contribution in [0.15, 0.2) is 42.5 Å². The van der Waals surface area contributed by atoms with Gasteiger partial charge in [0.1, 0.15) is 19.8 Å². The molecule has 0 atom stereocenters. The Labute approximate surface area is 189 Å². The highest BCUT2D eigenvalue weighted by atomic mass is 32.2. The zero-order valence-corrected chi connectivity index (χ0v) is 19.1. The summed E-state index contributed by atoms with van der Waals surface area (Å²) in [6.45, 7) is 4.12. The predicted octanol–water partition coefficient (Wildman–Crippen LogP) is 2.14. The topological polar surface area (TPSA) is 88.2 Å². The van der Waals surface area contributed by atoms with Gasteiger partial charge in [0.25, 0.3) is 0 Å². The highest BCUT2D eigenvalue weighted by molar-refractivity contribution is 7.92. The Morgan fingerprint density at radius 2 is 1.66 bits per heavy atom. The molecule has 1 N–H and O–H groups in total. The second-order valence-electron chi connectivity index (χ2n) is 8.17. The average Bonchev–Trinajstić information content (AvgIpc) is 3.29. The summed E-state index contributed by atoms with van der Waals surface area (Å²) in [6, 6.07) is 13.0. The van der Waals surface area contributed by atoms with E-state index < -0.39 is 10.0 Å². The molecule has 0 aromatic heterocycles. The molecule has 2 aromatic carbocycles. The van der Waals surface area contributed by atoms with Gasteiger partial charge in [-0.2, -0.15) is 0 Å². The second-order valence-corrected chi connectivity index (χ2v) is 10.1. The summed E-state index contributed by atoms with van der Waals surface area (Å²) >= 11 is 0. The van der Waals surface area contributed by atoms with Crippen LogP contribution in [0, 0.1) is 0 Å². The Morgan fingerprint density at radius 3 is 2.34 bits per heavy atom. The van der Waals surface area contributed by atoms with E-state index in [-0.39, 0.29) is 12.5 Å². The van der Waals surface area contributed by atoms with Crippen LogP contribution in [-0.2, 0) is 27.9 Å². The van der Waals surface area contributed by atoms with Crippen molar-refractivity contribution < 1.29 is 22.7 Å². The van der Waals surface area contributed by atoms with Crippen molar-refractivity contribution in [2.24, 2.45) is 0 Å². The fraction of sp³-hybridized carbons (Fsp3) is 0.435. The third-order valence-electron chi connectivity index (χ3n) is 5.62. The molecule has 2 aliphatic rings. The molecule has 172 valence electrons. The minimum atomic E-state index is -3.67. The summed E-state index contributed by atoms with van der Waals surface area (Å²) in [7, 11) is -3.67. The van der Waals surface area contributed by atoms with E-state index in [1.807, 2.05) is 12.1 Å². The number of nitrogens with one attached hydrogen (secondary N) is 1. The van der Waals surface area contributed by atoms with Gasteiger partial charge in [-0.05, 0) is 49.2 Å². The van der Waals surface area contributed by atoms with Gasteiger partial charge in [0, 0.05) is 19.2 Å². The van der Waals surface area contributed by atoms with Crippen LogP contribution in [0.4, 0.5) is 5.69 Å². The van der Waals surface area contributed by atoms with E-state index in [1.54, 1.807) is 18.2 Å². The minimum Gasteiger partial charge on any atom is -0.486 e. The highest BCUT2D eigenvalue weighted by Gasteiger charge is 2.23. The Kier molecular flexibility index (Phi) is 6.86. The van der Waals surface area contributed by atoms with Gasteiger partial charge >= 0.3 is 0 Å².